The molecule has 2 aromatic rings. The van der Waals surface area contributed by atoms with E-state index in [2.05, 4.69) is 10.5 Å². The normalized spacial score (nSPS) is 10.9. The molecule has 0 atom stereocenters. The fourth-order valence-electron chi connectivity index (χ4n) is 2.19. The van der Waals surface area contributed by atoms with Gasteiger partial charge in [0.25, 0.3) is 5.91 Å². The van der Waals surface area contributed by atoms with Gasteiger partial charge in [-0.25, -0.2) is 10.2 Å². The number of hydrogen-bond donors (Lipinski definition) is 1. The van der Waals surface area contributed by atoms with Gasteiger partial charge in [0.15, 0.2) is 6.61 Å². The number of carbonyl (C=O) groups excluding carboxylic acids is 2. The summed E-state index contributed by atoms with van der Waals surface area (Å²) in [5.74, 6) is -0.267. The molecule has 1 N–H and O–H groups in total. The van der Waals surface area contributed by atoms with Crippen LogP contribution in [-0.4, -0.2) is 30.8 Å². The van der Waals surface area contributed by atoms with E-state index >= 15 is 0 Å². The van der Waals surface area contributed by atoms with Crippen molar-refractivity contribution < 1.29 is 19.1 Å². The molecule has 2 rings (SSSR count). The zero-order valence-corrected chi connectivity index (χ0v) is 14.9. The van der Waals surface area contributed by atoms with Crippen molar-refractivity contribution in [3.05, 3.63) is 65.7 Å². The minimum absolute atomic E-state index is 0.173. The number of hydrazone groups is 1. The van der Waals surface area contributed by atoms with Crippen LogP contribution in [-0.2, 0) is 9.53 Å². The summed E-state index contributed by atoms with van der Waals surface area (Å²) in [4.78, 5) is 23.5. The van der Waals surface area contributed by atoms with Gasteiger partial charge in [0.2, 0.25) is 0 Å². The minimum Gasteiger partial charge on any atom is -0.484 e. The monoisotopic (exact) mass is 354 g/mol. The SMILES string of the molecule is CCOC(=O)c1ccc(OCC(=O)N/N=C(\CC)c2ccccc2)cc1. The first kappa shape index (κ1) is 19.2. The van der Waals surface area contributed by atoms with Crippen molar-refractivity contribution in [1.82, 2.24) is 5.43 Å². The maximum atomic E-state index is 11.9. The summed E-state index contributed by atoms with van der Waals surface area (Å²) in [5.41, 5.74) is 4.69. The van der Waals surface area contributed by atoms with E-state index < -0.39 is 0 Å². The second-order valence-electron chi connectivity index (χ2n) is 5.35. The predicted molar refractivity (Wildman–Crippen MR) is 99.3 cm³/mol. The van der Waals surface area contributed by atoms with Crippen LogP contribution in [0.4, 0.5) is 0 Å². The van der Waals surface area contributed by atoms with Crippen molar-refractivity contribution in [2.24, 2.45) is 5.10 Å². The fraction of sp³-hybridized carbons (Fsp3) is 0.250. The largest absolute Gasteiger partial charge is 0.484 e. The molecule has 0 saturated heterocycles. The highest BCUT2D eigenvalue weighted by molar-refractivity contribution is 6.00. The van der Waals surface area contributed by atoms with E-state index in [-0.39, 0.29) is 18.5 Å². The van der Waals surface area contributed by atoms with Crippen LogP contribution in [0.5, 0.6) is 5.75 Å². The third kappa shape index (κ3) is 5.73. The lowest BCUT2D eigenvalue weighted by Crippen LogP contribution is -2.26. The molecule has 2 aromatic carbocycles. The van der Waals surface area contributed by atoms with Crippen LogP contribution in [0.2, 0.25) is 0 Å². The highest BCUT2D eigenvalue weighted by Gasteiger charge is 2.07. The molecule has 26 heavy (non-hydrogen) atoms. The lowest BCUT2D eigenvalue weighted by atomic mass is 10.1. The summed E-state index contributed by atoms with van der Waals surface area (Å²) in [5, 5.41) is 4.16. The van der Waals surface area contributed by atoms with E-state index in [1.165, 1.54) is 0 Å². The van der Waals surface area contributed by atoms with Gasteiger partial charge >= 0.3 is 5.97 Å². The van der Waals surface area contributed by atoms with E-state index in [9.17, 15) is 9.59 Å². The van der Waals surface area contributed by atoms with Gasteiger partial charge in [-0.1, -0.05) is 37.3 Å². The number of nitrogens with zero attached hydrogens (tertiary/aromatic N) is 1. The maximum Gasteiger partial charge on any atom is 0.338 e. The molecule has 0 radical (unpaired) electrons. The first-order chi connectivity index (χ1) is 12.6. The number of ether oxygens (including phenoxy) is 2. The van der Waals surface area contributed by atoms with Crippen molar-refractivity contribution in [2.45, 2.75) is 20.3 Å². The number of nitrogens with one attached hydrogen (secondary N) is 1. The summed E-state index contributed by atoms with van der Waals surface area (Å²) >= 11 is 0. The molecule has 0 spiro atoms. The molecule has 0 bridgehead atoms. The zero-order valence-electron chi connectivity index (χ0n) is 14.9. The lowest BCUT2D eigenvalue weighted by Gasteiger charge is -2.07. The Balaban J connectivity index is 1.86. The predicted octanol–water partition coefficient (Wildman–Crippen LogP) is 3.17. The average Bonchev–Trinajstić information content (AvgIpc) is 2.68. The van der Waals surface area contributed by atoms with Gasteiger partial charge in [0.05, 0.1) is 17.9 Å². The Morgan fingerprint density at radius 3 is 2.27 bits per heavy atom. The Morgan fingerprint density at radius 2 is 1.65 bits per heavy atom. The van der Waals surface area contributed by atoms with E-state index in [1.54, 1.807) is 31.2 Å². The summed E-state index contributed by atoms with van der Waals surface area (Å²) < 4.78 is 10.3. The van der Waals surface area contributed by atoms with Crippen LogP contribution >= 0.6 is 0 Å². The van der Waals surface area contributed by atoms with Crippen LogP contribution in [0.1, 0.15) is 36.2 Å². The quantitative estimate of drug-likeness (QED) is 0.449. The summed E-state index contributed by atoms with van der Waals surface area (Å²) in [6.07, 6.45) is 0.695. The van der Waals surface area contributed by atoms with Crippen molar-refractivity contribution in [2.75, 3.05) is 13.2 Å². The molecular formula is C20H22N2O4. The van der Waals surface area contributed by atoms with Crippen molar-refractivity contribution in [3.8, 4) is 5.75 Å². The molecule has 0 unspecified atom stereocenters. The number of rotatable bonds is 8. The molecule has 0 heterocycles. The number of esters is 1. The Hall–Kier alpha value is -3.15. The summed E-state index contributed by atoms with van der Waals surface area (Å²) in [7, 11) is 0. The van der Waals surface area contributed by atoms with E-state index in [0.29, 0.717) is 24.3 Å². The summed E-state index contributed by atoms with van der Waals surface area (Å²) in [6, 6.07) is 16.1. The zero-order chi connectivity index (χ0) is 18.8. The molecule has 0 aliphatic heterocycles. The molecule has 6 heteroatoms. The number of hydrogen-bond acceptors (Lipinski definition) is 5. The summed E-state index contributed by atoms with van der Waals surface area (Å²) in [6.45, 7) is 3.87. The third-order valence-electron chi connectivity index (χ3n) is 3.49. The fourth-order valence-corrected chi connectivity index (χ4v) is 2.19. The standard InChI is InChI=1S/C20H22N2O4/c1-3-18(15-8-6-5-7-9-15)21-22-19(23)14-26-17-12-10-16(11-13-17)20(24)25-4-2/h5-13H,3-4,14H2,1-2H3,(H,22,23)/b21-18+. The molecule has 0 aliphatic carbocycles. The molecule has 0 saturated carbocycles. The van der Waals surface area contributed by atoms with E-state index in [1.807, 2.05) is 37.3 Å². The molecule has 6 nitrogen and oxygen atoms in total. The Labute approximate surface area is 152 Å². The molecule has 0 fully saturated rings. The van der Waals surface area contributed by atoms with E-state index in [0.717, 1.165) is 11.3 Å². The van der Waals surface area contributed by atoms with Gasteiger partial charge in [-0.05, 0) is 43.2 Å². The van der Waals surface area contributed by atoms with Gasteiger partial charge < -0.3 is 9.47 Å². The van der Waals surface area contributed by atoms with Crippen molar-refractivity contribution in [1.29, 1.82) is 0 Å². The number of carbonyl (C=O) groups is 2. The molecular weight excluding hydrogens is 332 g/mol. The Bertz CT molecular complexity index is 755. The molecule has 1 amide bonds. The number of amides is 1. The van der Waals surface area contributed by atoms with Crippen molar-refractivity contribution in [3.63, 3.8) is 0 Å². The topological polar surface area (TPSA) is 77.0 Å². The molecule has 0 aliphatic rings. The van der Waals surface area contributed by atoms with Gasteiger partial charge in [0, 0.05) is 0 Å². The third-order valence-corrected chi connectivity index (χ3v) is 3.49. The van der Waals surface area contributed by atoms with Crippen molar-refractivity contribution >= 4 is 17.6 Å². The first-order valence-electron chi connectivity index (χ1n) is 8.44. The lowest BCUT2D eigenvalue weighted by molar-refractivity contribution is -0.123. The smallest absolute Gasteiger partial charge is 0.338 e. The Morgan fingerprint density at radius 1 is 0.962 bits per heavy atom. The highest BCUT2D eigenvalue weighted by atomic mass is 16.5. The van der Waals surface area contributed by atoms with Gasteiger partial charge in [0.1, 0.15) is 5.75 Å². The van der Waals surface area contributed by atoms with Crippen LogP contribution in [0.15, 0.2) is 59.7 Å². The second kappa shape index (κ2) is 9.98. The maximum absolute atomic E-state index is 11.9. The van der Waals surface area contributed by atoms with E-state index in [4.69, 9.17) is 9.47 Å². The van der Waals surface area contributed by atoms with Crippen LogP contribution < -0.4 is 10.2 Å². The molecule has 0 aromatic heterocycles. The van der Waals surface area contributed by atoms with Gasteiger partial charge in [-0.3, -0.25) is 4.79 Å². The van der Waals surface area contributed by atoms with Gasteiger partial charge in [-0.2, -0.15) is 5.10 Å². The highest BCUT2D eigenvalue weighted by Crippen LogP contribution is 2.13. The Kier molecular flexibility index (Phi) is 7.36. The van der Waals surface area contributed by atoms with Crippen LogP contribution in [0.3, 0.4) is 0 Å². The van der Waals surface area contributed by atoms with Crippen LogP contribution in [0.25, 0.3) is 0 Å². The average molecular weight is 354 g/mol. The van der Waals surface area contributed by atoms with Crippen LogP contribution in [0, 0.1) is 0 Å². The first-order valence-corrected chi connectivity index (χ1v) is 8.44. The van der Waals surface area contributed by atoms with Gasteiger partial charge in [-0.15, -0.1) is 0 Å². The number of benzene rings is 2. The second-order valence-corrected chi connectivity index (χ2v) is 5.35. The molecule has 136 valence electrons. The minimum atomic E-state index is -0.390.